The van der Waals surface area contributed by atoms with Crippen molar-refractivity contribution in [3.63, 3.8) is 0 Å². The lowest BCUT2D eigenvalue weighted by atomic mass is 10.1. The van der Waals surface area contributed by atoms with Crippen molar-refractivity contribution in [3.8, 4) is 0 Å². The van der Waals surface area contributed by atoms with Crippen LogP contribution in [-0.2, 0) is 11.3 Å². The highest BCUT2D eigenvalue weighted by atomic mass is 127. The summed E-state index contributed by atoms with van der Waals surface area (Å²) in [7, 11) is 0. The van der Waals surface area contributed by atoms with Gasteiger partial charge in [0.25, 0.3) is 0 Å². The molecule has 2 rings (SSSR count). The molecule has 0 atom stereocenters. The van der Waals surface area contributed by atoms with Gasteiger partial charge in [-0.15, -0.1) is 0 Å². The SMILES string of the molecule is CCCCI.O=C1OCc2ccccc21. The molecule has 0 saturated heterocycles. The Balaban J connectivity index is 0.000000195. The number of alkyl halides is 1. The first kappa shape index (κ1) is 12.5. The van der Waals surface area contributed by atoms with Crippen molar-refractivity contribution in [1.29, 1.82) is 0 Å². The van der Waals surface area contributed by atoms with E-state index in [4.69, 9.17) is 4.74 Å². The summed E-state index contributed by atoms with van der Waals surface area (Å²) in [6.45, 7) is 2.65. The molecule has 0 aliphatic carbocycles. The zero-order chi connectivity index (χ0) is 11.1. The van der Waals surface area contributed by atoms with Gasteiger partial charge in [-0.3, -0.25) is 0 Å². The molecule has 0 unspecified atom stereocenters. The van der Waals surface area contributed by atoms with E-state index in [1.165, 1.54) is 17.3 Å². The summed E-state index contributed by atoms with van der Waals surface area (Å²) < 4.78 is 6.10. The van der Waals surface area contributed by atoms with Crippen molar-refractivity contribution in [2.24, 2.45) is 0 Å². The number of hydrogen-bond acceptors (Lipinski definition) is 2. The molecule has 0 fully saturated rings. The third kappa shape index (κ3) is 3.81. The molecular formula is C12H15IO2. The van der Waals surface area contributed by atoms with Gasteiger partial charge < -0.3 is 4.74 Å². The van der Waals surface area contributed by atoms with E-state index in [2.05, 4.69) is 29.5 Å². The highest BCUT2D eigenvalue weighted by Crippen LogP contribution is 2.17. The van der Waals surface area contributed by atoms with Crippen LogP contribution in [0, 0.1) is 0 Å². The van der Waals surface area contributed by atoms with Crippen LogP contribution >= 0.6 is 22.6 Å². The number of rotatable bonds is 2. The van der Waals surface area contributed by atoms with E-state index >= 15 is 0 Å². The minimum absolute atomic E-state index is 0.199. The van der Waals surface area contributed by atoms with E-state index in [0.717, 1.165) is 5.56 Å². The second-order valence-electron chi connectivity index (χ2n) is 3.28. The molecule has 0 aromatic heterocycles. The van der Waals surface area contributed by atoms with Gasteiger partial charge in [0.05, 0.1) is 5.56 Å². The molecule has 0 spiro atoms. The molecule has 0 amide bonds. The van der Waals surface area contributed by atoms with Gasteiger partial charge in [-0.2, -0.15) is 0 Å². The van der Waals surface area contributed by atoms with Crippen LogP contribution in [-0.4, -0.2) is 10.4 Å². The average molecular weight is 318 g/mol. The summed E-state index contributed by atoms with van der Waals surface area (Å²) in [5, 5.41) is 0. The molecular weight excluding hydrogens is 303 g/mol. The Hall–Kier alpha value is -0.580. The number of carbonyl (C=O) groups excluding carboxylic acids is 1. The summed E-state index contributed by atoms with van der Waals surface area (Å²) in [4.78, 5) is 10.8. The van der Waals surface area contributed by atoms with Gasteiger partial charge in [-0.25, -0.2) is 4.79 Å². The lowest BCUT2D eigenvalue weighted by molar-refractivity contribution is 0.0535. The Labute approximate surface area is 104 Å². The minimum Gasteiger partial charge on any atom is -0.457 e. The minimum atomic E-state index is -0.199. The molecule has 1 aromatic carbocycles. The van der Waals surface area contributed by atoms with E-state index in [1.807, 2.05) is 18.2 Å². The van der Waals surface area contributed by atoms with Gasteiger partial charge >= 0.3 is 5.97 Å². The standard InChI is InChI=1S/C8H6O2.C4H9I/c9-8-7-4-2-1-3-6(7)5-10-8;1-2-3-4-5/h1-4H,5H2;2-4H2,1H3. The van der Waals surface area contributed by atoms with E-state index in [-0.39, 0.29) is 5.97 Å². The molecule has 1 heterocycles. The van der Waals surface area contributed by atoms with Crippen molar-refractivity contribution in [3.05, 3.63) is 35.4 Å². The summed E-state index contributed by atoms with van der Waals surface area (Å²) in [5.74, 6) is -0.199. The Morgan fingerprint density at radius 3 is 2.67 bits per heavy atom. The van der Waals surface area contributed by atoms with Crippen molar-refractivity contribution in [1.82, 2.24) is 0 Å². The van der Waals surface area contributed by atoms with Crippen LogP contribution < -0.4 is 0 Å². The third-order valence-corrected chi connectivity index (χ3v) is 2.85. The second kappa shape index (κ2) is 6.82. The van der Waals surface area contributed by atoms with Gasteiger partial charge in [0, 0.05) is 5.56 Å². The Bertz CT molecular complexity index is 321. The van der Waals surface area contributed by atoms with Crippen molar-refractivity contribution < 1.29 is 9.53 Å². The largest absolute Gasteiger partial charge is 0.457 e. The Morgan fingerprint density at radius 1 is 1.40 bits per heavy atom. The van der Waals surface area contributed by atoms with Crippen molar-refractivity contribution >= 4 is 28.6 Å². The van der Waals surface area contributed by atoms with Crippen LogP contribution in [0.2, 0.25) is 0 Å². The summed E-state index contributed by atoms with van der Waals surface area (Å²) >= 11 is 2.39. The van der Waals surface area contributed by atoms with Crippen LogP contribution in [0.5, 0.6) is 0 Å². The number of ether oxygens (including phenoxy) is 1. The van der Waals surface area contributed by atoms with Gasteiger partial charge in [0.1, 0.15) is 6.61 Å². The molecule has 1 aliphatic rings. The highest BCUT2D eigenvalue weighted by molar-refractivity contribution is 14.1. The van der Waals surface area contributed by atoms with Gasteiger partial charge in [-0.05, 0) is 16.9 Å². The molecule has 82 valence electrons. The van der Waals surface area contributed by atoms with Gasteiger partial charge in [-0.1, -0.05) is 54.1 Å². The number of esters is 1. The van der Waals surface area contributed by atoms with E-state index in [0.29, 0.717) is 12.2 Å². The fourth-order valence-electron chi connectivity index (χ4n) is 1.20. The van der Waals surface area contributed by atoms with Crippen LogP contribution in [0.1, 0.15) is 35.7 Å². The van der Waals surface area contributed by atoms with Gasteiger partial charge in [0.15, 0.2) is 0 Å². The Kier molecular flexibility index (Phi) is 5.68. The van der Waals surface area contributed by atoms with Crippen LogP contribution in [0.4, 0.5) is 0 Å². The zero-order valence-electron chi connectivity index (χ0n) is 8.83. The molecule has 3 heteroatoms. The molecule has 2 nitrogen and oxygen atoms in total. The van der Waals surface area contributed by atoms with E-state index < -0.39 is 0 Å². The fraction of sp³-hybridized carbons (Fsp3) is 0.417. The Morgan fingerprint density at radius 2 is 2.13 bits per heavy atom. The van der Waals surface area contributed by atoms with Crippen molar-refractivity contribution in [2.75, 3.05) is 4.43 Å². The first-order valence-corrected chi connectivity index (χ1v) is 6.63. The molecule has 0 saturated carbocycles. The summed E-state index contributed by atoms with van der Waals surface area (Å²) in [6.07, 6.45) is 2.71. The maximum atomic E-state index is 10.8. The fourth-order valence-corrected chi connectivity index (χ4v) is 1.96. The molecule has 0 radical (unpaired) electrons. The number of cyclic esters (lactones) is 1. The average Bonchev–Trinajstić information content (AvgIpc) is 2.64. The van der Waals surface area contributed by atoms with Crippen LogP contribution in [0.3, 0.4) is 0 Å². The predicted molar refractivity (Wildman–Crippen MR) is 69.4 cm³/mol. The summed E-state index contributed by atoms with van der Waals surface area (Å²) in [6, 6.07) is 7.43. The first-order chi connectivity index (χ1) is 7.29. The number of fused-ring (bicyclic) bond motifs is 1. The number of unbranched alkanes of at least 4 members (excludes halogenated alkanes) is 1. The predicted octanol–water partition coefficient (Wildman–Crippen LogP) is 3.58. The van der Waals surface area contributed by atoms with Crippen LogP contribution in [0.15, 0.2) is 24.3 Å². The first-order valence-electron chi connectivity index (χ1n) is 5.10. The number of hydrogen-bond donors (Lipinski definition) is 0. The number of carbonyl (C=O) groups is 1. The van der Waals surface area contributed by atoms with Gasteiger partial charge in [0.2, 0.25) is 0 Å². The van der Waals surface area contributed by atoms with Crippen molar-refractivity contribution in [2.45, 2.75) is 26.4 Å². The smallest absolute Gasteiger partial charge is 0.338 e. The third-order valence-electron chi connectivity index (χ3n) is 2.08. The highest BCUT2D eigenvalue weighted by Gasteiger charge is 2.18. The monoisotopic (exact) mass is 318 g/mol. The normalized spacial score (nSPS) is 12.5. The molecule has 0 bridgehead atoms. The zero-order valence-corrected chi connectivity index (χ0v) is 11.0. The summed E-state index contributed by atoms with van der Waals surface area (Å²) in [5.41, 5.74) is 1.70. The molecule has 1 aliphatic heterocycles. The van der Waals surface area contributed by atoms with Crippen LogP contribution in [0.25, 0.3) is 0 Å². The quantitative estimate of drug-likeness (QED) is 0.473. The number of halogens is 1. The number of benzene rings is 1. The van der Waals surface area contributed by atoms with E-state index in [9.17, 15) is 4.79 Å². The lowest BCUT2D eigenvalue weighted by Gasteiger charge is -1.87. The van der Waals surface area contributed by atoms with E-state index in [1.54, 1.807) is 6.07 Å². The second-order valence-corrected chi connectivity index (χ2v) is 4.35. The maximum absolute atomic E-state index is 10.8. The maximum Gasteiger partial charge on any atom is 0.338 e. The lowest BCUT2D eigenvalue weighted by Crippen LogP contribution is -1.91. The molecule has 1 aromatic rings. The molecule has 15 heavy (non-hydrogen) atoms. The molecule has 0 N–H and O–H groups in total. The topological polar surface area (TPSA) is 26.3 Å².